The summed E-state index contributed by atoms with van der Waals surface area (Å²) >= 11 is 0. The molecule has 142 valence electrons. The van der Waals surface area contributed by atoms with E-state index in [1.165, 1.54) is 12.0 Å². The summed E-state index contributed by atoms with van der Waals surface area (Å²) in [6.07, 6.45) is 2.11. The second-order valence-corrected chi connectivity index (χ2v) is 6.46. The van der Waals surface area contributed by atoms with E-state index in [-0.39, 0.29) is 24.0 Å². The van der Waals surface area contributed by atoms with E-state index in [1.54, 1.807) is 7.11 Å². The van der Waals surface area contributed by atoms with Gasteiger partial charge in [0.15, 0.2) is 5.96 Å². The molecule has 0 bridgehead atoms. The van der Waals surface area contributed by atoms with Crippen molar-refractivity contribution in [2.45, 2.75) is 46.2 Å². The average molecular weight is 461 g/mol. The van der Waals surface area contributed by atoms with Crippen LogP contribution in [-0.4, -0.2) is 38.9 Å². The van der Waals surface area contributed by atoms with E-state index in [1.807, 2.05) is 0 Å². The SMILES string of the molecule is CCNC(=NCc1ccc(C)cc1OCCCOC)NC1CC1C.I. The number of guanidine groups is 1. The monoisotopic (exact) mass is 461 g/mol. The first-order valence-corrected chi connectivity index (χ1v) is 8.90. The molecule has 5 nitrogen and oxygen atoms in total. The summed E-state index contributed by atoms with van der Waals surface area (Å²) in [6.45, 7) is 9.27. The lowest BCUT2D eigenvalue weighted by Gasteiger charge is -2.13. The number of benzene rings is 1. The molecule has 2 unspecified atom stereocenters. The molecule has 0 aliphatic heterocycles. The minimum absolute atomic E-state index is 0. The molecular formula is C19H32IN3O2. The van der Waals surface area contributed by atoms with Crippen molar-refractivity contribution in [1.29, 1.82) is 0 Å². The molecule has 2 atom stereocenters. The lowest BCUT2D eigenvalue weighted by molar-refractivity contribution is 0.172. The number of methoxy groups -OCH3 is 1. The molecule has 1 aromatic carbocycles. The van der Waals surface area contributed by atoms with E-state index >= 15 is 0 Å². The zero-order chi connectivity index (χ0) is 17.4. The van der Waals surface area contributed by atoms with Crippen molar-refractivity contribution >= 4 is 29.9 Å². The third-order valence-corrected chi connectivity index (χ3v) is 4.16. The number of ether oxygens (including phenoxy) is 2. The van der Waals surface area contributed by atoms with Crippen LogP contribution < -0.4 is 15.4 Å². The average Bonchev–Trinajstić information content (AvgIpc) is 3.25. The largest absolute Gasteiger partial charge is 0.493 e. The highest BCUT2D eigenvalue weighted by molar-refractivity contribution is 14.0. The van der Waals surface area contributed by atoms with Crippen molar-refractivity contribution in [3.05, 3.63) is 29.3 Å². The van der Waals surface area contributed by atoms with Crippen LogP contribution in [0.2, 0.25) is 0 Å². The Morgan fingerprint density at radius 1 is 1.32 bits per heavy atom. The topological polar surface area (TPSA) is 54.9 Å². The van der Waals surface area contributed by atoms with E-state index in [0.29, 0.717) is 25.8 Å². The third-order valence-electron chi connectivity index (χ3n) is 4.16. The summed E-state index contributed by atoms with van der Waals surface area (Å²) in [5.74, 6) is 2.55. The van der Waals surface area contributed by atoms with Crippen molar-refractivity contribution < 1.29 is 9.47 Å². The fraction of sp³-hybridized carbons (Fsp3) is 0.632. The van der Waals surface area contributed by atoms with E-state index in [4.69, 9.17) is 14.5 Å². The molecule has 0 radical (unpaired) electrons. The zero-order valence-electron chi connectivity index (χ0n) is 15.8. The summed E-state index contributed by atoms with van der Waals surface area (Å²) in [7, 11) is 1.71. The fourth-order valence-electron chi connectivity index (χ4n) is 2.50. The Hall–Kier alpha value is -1.02. The van der Waals surface area contributed by atoms with E-state index in [2.05, 4.69) is 49.6 Å². The Bertz CT molecular complexity index is 551. The van der Waals surface area contributed by atoms with Crippen LogP contribution in [0.15, 0.2) is 23.2 Å². The van der Waals surface area contributed by atoms with Crippen LogP contribution in [0.3, 0.4) is 0 Å². The molecule has 0 saturated heterocycles. The molecule has 0 heterocycles. The van der Waals surface area contributed by atoms with Crippen LogP contribution in [0, 0.1) is 12.8 Å². The molecule has 25 heavy (non-hydrogen) atoms. The lowest BCUT2D eigenvalue weighted by Crippen LogP contribution is -2.39. The van der Waals surface area contributed by atoms with E-state index in [0.717, 1.165) is 36.2 Å². The van der Waals surface area contributed by atoms with Crippen molar-refractivity contribution in [3.63, 3.8) is 0 Å². The second-order valence-electron chi connectivity index (χ2n) is 6.46. The van der Waals surface area contributed by atoms with Gasteiger partial charge >= 0.3 is 0 Å². The Balaban J connectivity index is 0.00000312. The number of nitrogens with zero attached hydrogens (tertiary/aromatic N) is 1. The first-order chi connectivity index (χ1) is 11.6. The molecule has 1 fully saturated rings. The smallest absolute Gasteiger partial charge is 0.191 e. The number of aryl methyl sites for hydroxylation is 1. The number of halogens is 1. The van der Waals surface area contributed by atoms with Crippen LogP contribution in [0.1, 0.15) is 37.8 Å². The third kappa shape index (κ3) is 7.81. The highest BCUT2D eigenvalue weighted by Crippen LogP contribution is 2.28. The maximum Gasteiger partial charge on any atom is 0.191 e. The van der Waals surface area contributed by atoms with Gasteiger partial charge in [0.1, 0.15) is 5.75 Å². The van der Waals surface area contributed by atoms with Gasteiger partial charge in [-0.05, 0) is 37.8 Å². The minimum Gasteiger partial charge on any atom is -0.493 e. The number of aliphatic imine (C=N–C) groups is 1. The van der Waals surface area contributed by atoms with Crippen molar-refractivity contribution in [2.75, 3.05) is 26.9 Å². The second kappa shape index (κ2) is 11.6. The van der Waals surface area contributed by atoms with Gasteiger partial charge in [-0.3, -0.25) is 0 Å². The minimum atomic E-state index is 0. The van der Waals surface area contributed by atoms with Gasteiger partial charge in [-0.15, -0.1) is 24.0 Å². The predicted octanol–water partition coefficient (Wildman–Crippen LogP) is 3.49. The van der Waals surface area contributed by atoms with Gasteiger partial charge in [-0.25, -0.2) is 4.99 Å². The normalized spacial score (nSPS) is 19.1. The molecule has 0 amide bonds. The number of rotatable bonds is 9. The summed E-state index contributed by atoms with van der Waals surface area (Å²) in [6, 6.07) is 6.86. The number of hydrogen-bond donors (Lipinski definition) is 2. The molecule has 1 aliphatic carbocycles. The van der Waals surface area contributed by atoms with Gasteiger partial charge in [0.25, 0.3) is 0 Å². The van der Waals surface area contributed by atoms with Crippen molar-refractivity contribution in [1.82, 2.24) is 10.6 Å². The molecule has 6 heteroatoms. The molecule has 1 aliphatic rings. The summed E-state index contributed by atoms with van der Waals surface area (Å²) in [4.78, 5) is 4.72. The number of hydrogen-bond acceptors (Lipinski definition) is 3. The van der Waals surface area contributed by atoms with E-state index in [9.17, 15) is 0 Å². The molecule has 2 rings (SSSR count). The molecule has 0 aromatic heterocycles. The fourth-order valence-corrected chi connectivity index (χ4v) is 2.50. The molecule has 0 spiro atoms. The summed E-state index contributed by atoms with van der Waals surface area (Å²) in [5.41, 5.74) is 2.31. The zero-order valence-corrected chi connectivity index (χ0v) is 18.1. The van der Waals surface area contributed by atoms with Gasteiger partial charge < -0.3 is 20.1 Å². The Labute approximate surface area is 169 Å². The maximum atomic E-state index is 5.93. The van der Waals surface area contributed by atoms with Gasteiger partial charge in [-0.2, -0.15) is 0 Å². The van der Waals surface area contributed by atoms with Crippen LogP contribution in [-0.2, 0) is 11.3 Å². The van der Waals surface area contributed by atoms with Crippen LogP contribution in [0.5, 0.6) is 5.75 Å². The maximum absolute atomic E-state index is 5.93. The molecular weight excluding hydrogens is 429 g/mol. The lowest BCUT2D eigenvalue weighted by atomic mass is 10.1. The van der Waals surface area contributed by atoms with Crippen LogP contribution in [0.4, 0.5) is 0 Å². The summed E-state index contributed by atoms with van der Waals surface area (Å²) in [5, 5.41) is 6.80. The van der Waals surface area contributed by atoms with Gasteiger partial charge in [0.05, 0.1) is 13.2 Å². The van der Waals surface area contributed by atoms with Gasteiger partial charge in [0.2, 0.25) is 0 Å². The number of nitrogens with one attached hydrogen (secondary N) is 2. The standard InChI is InChI=1S/C19H31N3O2.HI/c1-5-20-19(22-17-12-15(17)3)21-13-16-8-7-14(2)11-18(16)24-10-6-9-23-4;/h7-8,11,15,17H,5-6,9-10,12-13H2,1-4H3,(H2,20,21,22);1H. The van der Waals surface area contributed by atoms with E-state index < -0.39 is 0 Å². The first-order valence-electron chi connectivity index (χ1n) is 8.90. The molecule has 1 aromatic rings. The van der Waals surface area contributed by atoms with Crippen LogP contribution in [0.25, 0.3) is 0 Å². The quantitative estimate of drug-likeness (QED) is 0.256. The van der Waals surface area contributed by atoms with Crippen LogP contribution >= 0.6 is 24.0 Å². The van der Waals surface area contributed by atoms with Gasteiger partial charge in [-0.1, -0.05) is 19.1 Å². The Morgan fingerprint density at radius 3 is 2.72 bits per heavy atom. The van der Waals surface area contributed by atoms with Gasteiger partial charge in [0, 0.05) is 38.3 Å². The Kier molecular flexibility index (Phi) is 10.2. The molecule has 1 saturated carbocycles. The molecule has 2 N–H and O–H groups in total. The van der Waals surface area contributed by atoms with Crippen molar-refractivity contribution in [3.8, 4) is 5.75 Å². The first kappa shape index (κ1) is 22.0. The Morgan fingerprint density at radius 2 is 2.08 bits per heavy atom. The predicted molar refractivity (Wildman–Crippen MR) is 114 cm³/mol. The highest BCUT2D eigenvalue weighted by atomic mass is 127. The summed E-state index contributed by atoms with van der Waals surface area (Å²) < 4.78 is 11.0. The van der Waals surface area contributed by atoms with Crippen molar-refractivity contribution in [2.24, 2.45) is 10.9 Å². The highest BCUT2D eigenvalue weighted by Gasteiger charge is 2.33.